The summed E-state index contributed by atoms with van der Waals surface area (Å²) in [6.45, 7) is 0.112. The smallest absolute Gasteiger partial charge is 0.319 e. The Labute approximate surface area is 127 Å². The van der Waals surface area contributed by atoms with Crippen LogP contribution in [0, 0.1) is 5.82 Å². The van der Waals surface area contributed by atoms with Crippen LogP contribution in [-0.4, -0.2) is 30.4 Å². The van der Waals surface area contributed by atoms with Gasteiger partial charge in [-0.05, 0) is 36.4 Å². The van der Waals surface area contributed by atoms with E-state index in [1.807, 2.05) is 18.2 Å². The number of benzene rings is 2. The highest BCUT2D eigenvalue weighted by molar-refractivity contribution is 5.89. The molecule has 1 unspecified atom stereocenters. The zero-order valence-electron chi connectivity index (χ0n) is 11.8. The number of para-hydroxylation sites is 1. The molecular weight excluding hydrogens is 287 g/mol. The third kappa shape index (κ3) is 5.41. The molecule has 2 rings (SSSR count). The molecule has 0 fully saturated rings. The first-order valence-corrected chi connectivity index (χ1v) is 6.80. The van der Waals surface area contributed by atoms with Crippen LogP contribution in [-0.2, 0) is 0 Å². The highest BCUT2D eigenvalue weighted by atomic mass is 19.1. The Morgan fingerprint density at radius 2 is 1.82 bits per heavy atom. The van der Waals surface area contributed by atoms with E-state index < -0.39 is 12.1 Å². The minimum atomic E-state index is -0.834. The quantitative estimate of drug-likeness (QED) is 0.767. The van der Waals surface area contributed by atoms with Gasteiger partial charge in [0.05, 0.1) is 0 Å². The van der Waals surface area contributed by atoms with E-state index in [1.165, 1.54) is 24.3 Å². The SMILES string of the molecule is O=C(NCC(O)COc1ccccc1)Nc1ccc(F)cc1. The molecule has 2 aromatic carbocycles. The van der Waals surface area contributed by atoms with E-state index in [2.05, 4.69) is 10.6 Å². The third-order valence-electron chi connectivity index (χ3n) is 2.79. The number of anilines is 1. The molecule has 0 aliphatic carbocycles. The first kappa shape index (κ1) is 15.8. The summed E-state index contributed by atoms with van der Waals surface area (Å²) in [6, 6.07) is 14.0. The highest BCUT2D eigenvalue weighted by Gasteiger charge is 2.08. The number of hydrogen-bond donors (Lipinski definition) is 3. The topological polar surface area (TPSA) is 70.6 Å². The van der Waals surface area contributed by atoms with Gasteiger partial charge in [0.1, 0.15) is 24.3 Å². The Morgan fingerprint density at radius 1 is 1.14 bits per heavy atom. The zero-order valence-corrected chi connectivity index (χ0v) is 11.8. The summed E-state index contributed by atoms with van der Waals surface area (Å²) in [7, 11) is 0. The van der Waals surface area contributed by atoms with Crippen LogP contribution in [0.5, 0.6) is 5.75 Å². The monoisotopic (exact) mass is 304 g/mol. The number of amides is 2. The summed E-state index contributed by atoms with van der Waals surface area (Å²) in [5.41, 5.74) is 0.467. The molecule has 0 spiro atoms. The van der Waals surface area contributed by atoms with Crippen LogP contribution in [0.4, 0.5) is 14.9 Å². The highest BCUT2D eigenvalue weighted by Crippen LogP contribution is 2.09. The molecule has 2 aromatic rings. The van der Waals surface area contributed by atoms with Crippen LogP contribution in [0.2, 0.25) is 0 Å². The lowest BCUT2D eigenvalue weighted by atomic mass is 10.3. The number of hydrogen-bond acceptors (Lipinski definition) is 3. The number of carbonyl (C=O) groups excluding carboxylic acids is 1. The number of urea groups is 1. The van der Waals surface area contributed by atoms with E-state index in [-0.39, 0.29) is 19.0 Å². The number of aliphatic hydroxyl groups is 1. The van der Waals surface area contributed by atoms with Gasteiger partial charge in [0.2, 0.25) is 0 Å². The molecule has 0 aromatic heterocycles. The first-order valence-electron chi connectivity index (χ1n) is 6.80. The molecule has 5 nitrogen and oxygen atoms in total. The van der Waals surface area contributed by atoms with Gasteiger partial charge in [0, 0.05) is 12.2 Å². The van der Waals surface area contributed by atoms with E-state index in [9.17, 15) is 14.3 Å². The maximum absolute atomic E-state index is 12.7. The number of aliphatic hydroxyl groups excluding tert-OH is 1. The van der Waals surface area contributed by atoms with E-state index >= 15 is 0 Å². The molecule has 6 heteroatoms. The maximum atomic E-state index is 12.7. The van der Waals surface area contributed by atoms with Gasteiger partial charge in [-0.3, -0.25) is 0 Å². The maximum Gasteiger partial charge on any atom is 0.319 e. The second kappa shape index (κ2) is 7.99. The van der Waals surface area contributed by atoms with Gasteiger partial charge in [0.25, 0.3) is 0 Å². The second-order valence-corrected chi connectivity index (χ2v) is 4.62. The van der Waals surface area contributed by atoms with Gasteiger partial charge < -0.3 is 20.5 Å². The molecule has 2 amide bonds. The summed E-state index contributed by atoms with van der Waals surface area (Å²) in [4.78, 5) is 11.6. The van der Waals surface area contributed by atoms with Crippen LogP contribution >= 0.6 is 0 Å². The Hall–Kier alpha value is -2.60. The molecule has 0 aliphatic heterocycles. The summed E-state index contributed by atoms with van der Waals surface area (Å²) in [5.74, 6) is 0.275. The minimum Gasteiger partial charge on any atom is -0.491 e. The van der Waals surface area contributed by atoms with Gasteiger partial charge in [-0.1, -0.05) is 18.2 Å². The van der Waals surface area contributed by atoms with Crippen molar-refractivity contribution in [3.63, 3.8) is 0 Å². The fraction of sp³-hybridized carbons (Fsp3) is 0.188. The van der Waals surface area contributed by atoms with Crippen molar-refractivity contribution in [2.75, 3.05) is 18.5 Å². The average molecular weight is 304 g/mol. The van der Waals surface area contributed by atoms with Crippen LogP contribution in [0.3, 0.4) is 0 Å². The van der Waals surface area contributed by atoms with Crippen molar-refractivity contribution >= 4 is 11.7 Å². The lowest BCUT2D eigenvalue weighted by molar-refractivity contribution is 0.108. The second-order valence-electron chi connectivity index (χ2n) is 4.62. The molecule has 3 N–H and O–H groups in total. The Morgan fingerprint density at radius 3 is 2.50 bits per heavy atom. The molecule has 0 heterocycles. The summed E-state index contributed by atoms with van der Waals surface area (Å²) in [5, 5.41) is 14.8. The summed E-state index contributed by atoms with van der Waals surface area (Å²) in [6.07, 6.45) is -0.834. The molecule has 0 saturated heterocycles. The molecule has 0 saturated carbocycles. The van der Waals surface area contributed by atoms with Gasteiger partial charge in [-0.2, -0.15) is 0 Å². The van der Waals surface area contributed by atoms with E-state index in [0.717, 1.165) is 0 Å². The van der Waals surface area contributed by atoms with Crippen molar-refractivity contribution in [3.8, 4) is 5.75 Å². The van der Waals surface area contributed by atoms with Gasteiger partial charge in [0.15, 0.2) is 0 Å². The van der Waals surface area contributed by atoms with Crippen LogP contribution in [0.25, 0.3) is 0 Å². The molecule has 0 aliphatic rings. The summed E-state index contributed by atoms with van der Waals surface area (Å²) < 4.78 is 18.1. The molecular formula is C16H17FN2O3. The van der Waals surface area contributed by atoms with Crippen molar-refractivity contribution in [1.82, 2.24) is 5.32 Å². The predicted octanol–water partition coefficient (Wildman–Crippen LogP) is 2.39. The molecule has 0 bridgehead atoms. The van der Waals surface area contributed by atoms with Crippen molar-refractivity contribution in [2.24, 2.45) is 0 Å². The number of halogens is 1. The number of ether oxygens (including phenoxy) is 1. The van der Waals surface area contributed by atoms with E-state index in [1.54, 1.807) is 12.1 Å². The Bertz CT molecular complexity index is 590. The van der Waals surface area contributed by atoms with Crippen molar-refractivity contribution in [2.45, 2.75) is 6.10 Å². The Balaban J connectivity index is 1.68. The van der Waals surface area contributed by atoms with Gasteiger partial charge >= 0.3 is 6.03 Å². The largest absolute Gasteiger partial charge is 0.491 e. The lowest BCUT2D eigenvalue weighted by Gasteiger charge is -2.13. The fourth-order valence-corrected chi connectivity index (χ4v) is 1.69. The predicted molar refractivity (Wildman–Crippen MR) is 81.4 cm³/mol. The van der Waals surface area contributed by atoms with Crippen molar-refractivity contribution in [3.05, 3.63) is 60.4 Å². The average Bonchev–Trinajstić information content (AvgIpc) is 2.54. The first-order chi connectivity index (χ1) is 10.6. The molecule has 116 valence electrons. The number of carbonyl (C=O) groups is 1. The Kier molecular flexibility index (Phi) is 5.73. The van der Waals surface area contributed by atoms with Crippen molar-refractivity contribution < 1.29 is 19.0 Å². The van der Waals surface area contributed by atoms with Crippen LogP contribution < -0.4 is 15.4 Å². The third-order valence-corrected chi connectivity index (χ3v) is 2.79. The molecule has 0 radical (unpaired) electrons. The van der Waals surface area contributed by atoms with Crippen molar-refractivity contribution in [1.29, 1.82) is 0 Å². The zero-order chi connectivity index (χ0) is 15.8. The van der Waals surface area contributed by atoms with Crippen LogP contribution in [0.15, 0.2) is 54.6 Å². The minimum absolute atomic E-state index is 0.0415. The molecule has 1 atom stereocenters. The van der Waals surface area contributed by atoms with Gasteiger partial charge in [-0.25, -0.2) is 9.18 Å². The lowest BCUT2D eigenvalue weighted by Crippen LogP contribution is -2.37. The standard InChI is InChI=1S/C16H17FN2O3/c17-12-6-8-13(9-7-12)19-16(21)18-10-14(20)11-22-15-4-2-1-3-5-15/h1-9,14,20H,10-11H2,(H2,18,19,21). The number of nitrogens with one attached hydrogen (secondary N) is 2. The fourth-order valence-electron chi connectivity index (χ4n) is 1.69. The number of rotatable bonds is 6. The van der Waals surface area contributed by atoms with E-state index in [4.69, 9.17) is 4.74 Å². The van der Waals surface area contributed by atoms with Crippen LogP contribution in [0.1, 0.15) is 0 Å². The summed E-state index contributed by atoms with van der Waals surface area (Å²) >= 11 is 0. The van der Waals surface area contributed by atoms with Gasteiger partial charge in [-0.15, -0.1) is 0 Å². The normalized spacial score (nSPS) is 11.5. The van der Waals surface area contributed by atoms with E-state index in [0.29, 0.717) is 11.4 Å². The molecule has 22 heavy (non-hydrogen) atoms.